The SMILES string of the molecule is O=S(=O)(CC1CC1)Nc1cc(Cl)ccc1Br. The van der Waals surface area contributed by atoms with Crippen molar-refractivity contribution >= 4 is 43.2 Å². The third-order valence-corrected chi connectivity index (χ3v) is 4.71. The highest BCUT2D eigenvalue weighted by molar-refractivity contribution is 9.10. The normalized spacial score (nSPS) is 16.1. The van der Waals surface area contributed by atoms with Gasteiger partial charge in [0.05, 0.1) is 11.4 Å². The fourth-order valence-electron chi connectivity index (χ4n) is 1.38. The lowest BCUT2D eigenvalue weighted by Crippen LogP contribution is -2.18. The summed E-state index contributed by atoms with van der Waals surface area (Å²) in [7, 11) is -3.25. The molecule has 1 aliphatic carbocycles. The molecule has 1 aromatic carbocycles. The molecule has 2 rings (SSSR count). The highest BCUT2D eigenvalue weighted by Gasteiger charge is 2.28. The maximum atomic E-state index is 11.7. The summed E-state index contributed by atoms with van der Waals surface area (Å²) in [5.74, 6) is 0.529. The smallest absolute Gasteiger partial charge is 0.233 e. The summed E-state index contributed by atoms with van der Waals surface area (Å²) in [4.78, 5) is 0. The van der Waals surface area contributed by atoms with Gasteiger partial charge in [0.2, 0.25) is 10.0 Å². The molecular formula is C10H11BrClNO2S. The third kappa shape index (κ3) is 3.37. The summed E-state index contributed by atoms with van der Waals surface area (Å²) in [6.45, 7) is 0. The molecule has 1 aromatic rings. The fraction of sp³-hybridized carbons (Fsp3) is 0.400. The molecule has 0 aliphatic heterocycles. The van der Waals surface area contributed by atoms with Gasteiger partial charge in [-0.15, -0.1) is 0 Å². The Bertz CT molecular complexity index is 500. The maximum Gasteiger partial charge on any atom is 0.233 e. The van der Waals surface area contributed by atoms with Gasteiger partial charge in [0.1, 0.15) is 0 Å². The topological polar surface area (TPSA) is 46.2 Å². The first-order valence-electron chi connectivity index (χ1n) is 4.92. The summed E-state index contributed by atoms with van der Waals surface area (Å²) in [5.41, 5.74) is 0.494. The molecule has 0 spiro atoms. The lowest BCUT2D eigenvalue weighted by atomic mass is 10.3. The number of sulfonamides is 1. The predicted molar refractivity (Wildman–Crippen MR) is 69.3 cm³/mol. The van der Waals surface area contributed by atoms with Gasteiger partial charge in [-0.25, -0.2) is 8.42 Å². The van der Waals surface area contributed by atoms with Crippen LogP contribution < -0.4 is 4.72 Å². The van der Waals surface area contributed by atoms with Crippen LogP contribution in [0, 0.1) is 5.92 Å². The molecule has 0 bridgehead atoms. The molecule has 1 fully saturated rings. The van der Waals surface area contributed by atoms with E-state index in [-0.39, 0.29) is 5.75 Å². The molecule has 0 radical (unpaired) electrons. The second-order valence-electron chi connectivity index (χ2n) is 3.95. The minimum atomic E-state index is -3.25. The van der Waals surface area contributed by atoms with Crippen LogP contribution in [0.15, 0.2) is 22.7 Å². The summed E-state index contributed by atoms with van der Waals surface area (Å²) < 4.78 is 26.7. The molecule has 1 N–H and O–H groups in total. The van der Waals surface area contributed by atoms with Gasteiger partial charge in [0, 0.05) is 9.50 Å². The maximum absolute atomic E-state index is 11.7. The van der Waals surface area contributed by atoms with Gasteiger partial charge in [-0.05, 0) is 52.9 Å². The number of nitrogens with one attached hydrogen (secondary N) is 1. The molecule has 88 valence electrons. The van der Waals surface area contributed by atoms with E-state index in [1.807, 2.05) is 0 Å². The number of rotatable bonds is 4. The van der Waals surface area contributed by atoms with E-state index in [2.05, 4.69) is 20.7 Å². The summed E-state index contributed by atoms with van der Waals surface area (Å²) in [6, 6.07) is 5.01. The molecule has 3 nitrogen and oxygen atoms in total. The average Bonchev–Trinajstić information content (AvgIpc) is 2.94. The molecule has 0 heterocycles. The van der Waals surface area contributed by atoms with Crippen LogP contribution in [0.25, 0.3) is 0 Å². The summed E-state index contributed by atoms with van der Waals surface area (Å²) >= 11 is 9.09. The van der Waals surface area contributed by atoms with Gasteiger partial charge < -0.3 is 0 Å². The van der Waals surface area contributed by atoms with Gasteiger partial charge in [0.15, 0.2) is 0 Å². The minimum Gasteiger partial charge on any atom is -0.282 e. The molecule has 1 aliphatic rings. The van der Waals surface area contributed by atoms with E-state index >= 15 is 0 Å². The van der Waals surface area contributed by atoms with Gasteiger partial charge in [-0.2, -0.15) is 0 Å². The Morgan fingerprint density at radius 3 is 2.75 bits per heavy atom. The van der Waals surface area contributed by atoms with Gasteiger partial charge in [0.25, 0.3) is 0 Å². The number of anilines is 1. The Morgan fingerprint density at radius 1 is 1.44 bits per heavy atom. The third-order valence-electron chi connectivity index (χ3n) is 2.35. The highest BCUT2D eigenvalue weighted by atomic mass is 79.9. The van der Waals surface area contributed by atoms with Gasteiger partial charge >= 0.3 is 0 Å². The minimum absolute atomic E-state index is 0.200. The van der Waals surface area contributed by atoms with Crippen LogP contribution in [0.3, 0.4) is 0 Å². The Hall–Kier alpha value is -0.260. The van der Waals surface area contributed by atoms with Crippen molar-refractivity contribution in [3.05, 3.63) is 27.7 Å². The predicted octanol–water partition coefficient (Wildman–Crippen LogP) is 3.25. The van der Waals surface area contributed by atoms with Crippen molar-refractivity contribution in [2.45, 2.75) is 12.8 Å². The van der Waals surface area contributed by atoms with Crippen molar-refractivity contribution in [2.75, 3.05) is 10.5 Å². The van der Waals surface area contributed by atoms with Crippen LogP contribution in [0.1, 0.15) is 12.8 Å². The zero-order valence-corrected chi connectivity index (χ0v) is 11.6. The van der Waals surface area contributed by atoms with Gasteiger partial charge in [-0.3, -0.25) is 4.72 Å². The second kappa shape index (κ2) is 4.55. The second-order valence-corrected chi connectivity index (χ2v) is 7.01. The first-order chi connectivity index (χ1) is 7.46. The molecule has 16 heavy (non-hydrogen) atoms. The Kier molecular flexibility index (Phi) is 3.47. The van der Waals surface area contributed by atoms with E-state index < -0.39 is 10.0 Å². The van der Waals surface area contributed by atoms with Crippen LogP contribution in [-0.4, -0.2) is 14.2 Å². The van der Waals surface area contributed by atoms with E-state index in [0.717, 1.165) is 12.8 Å². The largest absolute Gasteiger partial charge is 0.282 e. The van der Waals surface area contributed by atoms with Crippen molar-refractivity contribution in [3.63, 3.8) is 0 Å². The molecule has 0 aromatic heterocycles. The number of halogens is 2. The van der Waals surface area contributed by atoms with Gasteiger partial charge in [-0.1, -0.05) is 11.6 Å². The zero-order chi connectivity index (χ0) is 11.8. The fourth-order valence-corrected chi connectivity index (χ4v) is 3.57. The van der Waals surface area contributed by atoms with Crippen molar-refractivity contribution in [3.8, 4) is 0 Å². The lowest BCUT2D eigenvalue weighted by Gasteiger charge is -2.09. The summed E-state index contributed by atoms with van der Waals surface area (Å²) in [6.07, 6.45) is 2.02. The van der Waals surface area contributed by atoms with E-state index in [0.29, 0.717) is 21.1 Å². The van der Waals surface area contributed by atoms with E-state index in [4.69, 9.17) is 11.6 Å². The molecule has 0 amide bonds. The van der Waals surface area contributed by atoms with Crippen LogP contribution in [0.4, 0.5) is 5.69 Å². The van der Waals surface area contributed by atoms with Crippen molar-refractivity contribution in [1.82, 2.24) is 0 Å². The molecule has 1 saturated carbocycles. The number of benzene rings is 1. The monoisotopic (exact) mass is 323 g/mol. The lowest BCUT2D eigenvalue weighted by molar-refractivity contribution is 0.597. The molecule has 6 heteroatoms. The zero-order valence-electron chi connectivity index (χ0n) is 8.41. The van der Waals surface area contributed by atoms with Crippen LogP contribution in [0.5, 0.6) is 0 Å². The van der Waals surface area contributed by atoms with Crippen LogP contribution >= 0.6 is 27.5 Å². The first kappa shape index (κ1) is 12.2. The first-order valence-corrected chi connectivity index (χ1v) is 7.74. The highest BCUT2D eigenvalue weighted by Crippen LogP contribution is 2.32. The number of hydrogen-bond acceptors (Lipinski definition) is 2. The van der Waals surface area contributed by atoms with E-state index in [1.54, 1.807) is 18.2 Å². The van der Waals surface area contributed by atoms with E-state index in [1.165, 1.54) is 0 Å². The van der Waals surface area contributed by atoms with Crippen LogP contribution in [-0.2, 0) is 10.0 Å². The van der Waals surface area contributed by atoms with Crippen LogP contribution in [0.2, 0.25) is 5.02 Å². The van der Waals surface area contributed by atoms with E-state index in [9.17, 15) is 8.42 Å². The van der Waals surface area contributed by atoms with Crippen molar-refractivity contribution in [2.24, 2.45) is 5.92 Å². The molecular weight excluding hydrogens is 314 g/mol. The molecule has 0 saturated heterocycles. The van der Waals surface area contributed by atoms with Crippen molar-refractivity contribution < 1.29 is 8.42 Å². The quantitative estimate of drug-likeness (QED) is 0.924. The number of hydrogen-bond donors (Lipinski definition) is 1. The Morgan fingerprint density at radius 2 is 2.12 bits per heavy atom. The summed E-state index contributed by atoms with van der Waals surface area (Å²) in [5, 5.41) is 0.507. The molecule has 0 unspecified atom stereocenters. The molecule has 0 atom stereocenters. The van der Waals surface area contributed by atoms with Crippen molar-refractivity contribution in [1.29, 1.82) is 0 Å². The standard InChI is InChI=1S/C10H11BrClNO2S/c11-9-4-3-8(12)5-10(9)13-16(14,15)6-7-1-2-7/h3-5,7,13H,1-2,6H2. The average molecular weight is 325 g/mol. The Labute approximate surface area is 108 Å². The Balaban J connectivity index is 2.15.